The first-order valence-electron chi connectivity index (χ1n) is 10.7. The average Bonchev–Trinajstić information content (AvgIpc) is 3.50. The summed E-state index contributed by atoms with van der Waals surface area (Å²) in [7, 11) is 0. The summed E-state index contributed by atoms with van der Waals surface area (Å²) in [6.07, 6.45) is 0. The Balaban J connectivity index is 1.32. The highest BCUT2D eigenvalue weighted by Gasteiger charge is 2.40. The van der Waals surface area contributed by atoms with Crippen LogP contribution in [0.1, 0.15) is 27.4 Å². The quantitative estimate of drug-likeness (QED) is 0.675. The fraction of sp³-hybridized carbons (Fsp3) is 0.231. The number of nitrogens with one attached hydrogen (secondary N) is 1. The molecule has 2 atom stereocenters. The van der Waals surface area contributed by atoms with Gasteiger partial charge in [-0.3, -0.25) is 9.59 Å². The van der Waals surface area contributed by atoms with Crippen molar-refractivity contribution >= 4 is 11.8 Å². The molecule has 2 aliphatic heterocycles. The number of nitrogens with zero attached hydrogens (tertiary/aromatic N) is 1. The van der Waals surface area contributed by atoms with Gasteiger partial charge in [-0.2, -0.15) is 0 Å². The number of ether oxygens (including phenoxy) is 2. The van der Waals surface area contributed by atoms with E-state index in [-0.39, 0.29) is 30.4 Å². The van der Waals surface area contributed by atoms with Gasteiger partial charge in [0.05, 0.1) is 5.92 Å². The number of benzene rings is 3. The molecule has 1 saturated heterocycles. The molecule has 5 rings (SSSR count). The predicted molar refractivity (Wildman–Crippen MR) is 119 cm³/mol. The number of amides is 2. The van der Waals surface area contributed by atoms with Gasteiger partial charge in [0, 0.05) is 31.1 Å². The maximum atomic E-state index is 13.2. The van der Waals surface area contributed by atoms with E-state index in [1.807, 2.05) is 78.9 Å². The molecule has 2 unspecified atom stereocenters. The minimum absolute atomic E-state index is 0.0439. The number of likely N-dealkylation sites (tertiary alicyclic amines) is 1. The van der Waals surface area contributed by atoms with E-state index in [4.69, 9.17) is 9.47 Å². The molecule has 0 spiro atoms. The first kappa shape index (κ1) is 20.1. The standard InChI is InChI=1S/C26H24N2O4/c29-25(27-14-18-11-12-23-24(13-18)32-17-31-23)22-16-28(26(30)20-9-5-2-6-10-20)15-21(22)19-7-3-1-4-8-19/h1-13,21-22H,14-17H2,(H,27,29). The molecule has 3 aromatic carbocycles. The second-order valence-electron chi connectivity index (χ2n) is 8.11. The van der Waals surface area contributed by atoms with Crippen LogP contribution in [0.2, 0.25) is 0 Å². The van der Waals surface area contributed by atoms with Crippen LogP contribution in [-0.2, 0) is 11.3 Å². The van der Waals surface area contributed by atoms with Crippen molar-refractivity contribution in [2.75, 3.05) is 19.9 Å². The molecular formula is C26H24N2O4. The zero-order valence-corrected chi connectivity index (χ0v) is 17.6. The summed E-state index contributed by atoms with van der Waals surface area (Å²) in [6, 6.07) is 24.8. The van der Waals surface area contributed by atoms with Crippen molar-refractivity contribution in [3.05, 3.63) is 95.6 Å². The van der Waals surface area contributed by atoms with Gasteiger partial charge in [-0.15, -0.1) is 0 Å². The summed E-state index contributed by atoms with van der Waals surface area (Å²) >= 11 is 0. The maximum absolute atomic E-state index is 13.2. The van der Waals surface area contributed by atoms with Crippen molar-refractivity contribution in [2.24, 2.45) is 5.92 Å². The van der Waals surface area contributed by atoms with Crippen LogP contribution in [0.15, 0.2) is 78.9 Å². The second-order valence-corrected chi connectivity index (χ2v) is 8.11. The molecule has 6 heteroatoms. The Morgan fingerprint density at radius 2 is 1.59 bits per heavy atom. The van der Waals surface area contributed by atoms with Gasteiger partial charge in [0.1, 0.15) is 0 Å². The number of hydrogen-bond acceptors (Lipinski definition) is 4. The van der Waals surface area contributed by atoms with Crippen LogP contribution >= 0.6 is 0 Å². The third-order valence-corrected chi connectivity index (χ3v) is 6.10. The number of fused-ring (bicyclic) bond motifs is 1. The molecule has 0 aliphatic carbocycles. The van der Waals surface area contributed by atoms with Crippen LogP contribution < -0.4 is 14.8 Å². The minimum atomic E-state index is -0.320. The van der Waals surface area contributed by atoms with Crippen LogP contribution in [0, 0.1) is 5.92 Å². The zero-order valence-electron chi connectivity index (χ0n) is 17.6. The smallest absolute Gasteiger partial charge is 0.253 e. The normalized spacial score (nSPS) is 19.1. The number of carbonyl (C=O) groups excluding carboxylic acids is 2. The molecule has 162 valence electrons. The summed E-state index contributed by atoms with van der Waals surface area (Å²) in [5.41, 5.74) is 2.65. The van der Waals surface area contributed by atoms with Crippen LogP contribution in [0.25, 0.3) is 0 Å². The fourth-order valence-electron chi connectivity index (χ4n) is 4.41. The lowest BCUT2D eigenvalue weighted by Crippen LogP contribution is -2.35. The number of hydrogen-bond donors (Lipinski definition) is 1. The molecule has 6 nitrogen and oxygen atoms in total. The predicted octanol–water partition coefficient (Wildman–Crippen LogP) is 3.59. The Bertz CT molecular complexity index is 1120. The summed E-state index contributed by atoms with van der Waals surface area (Å²) in [6.45, 7) is 1.51. The third-order valence-electron chi connectivity index (χ3n) is 6.10. The molecule has 2 amide bonds. The van der Waals surface area contributed by atoms with E-state index in [0.29, 0.717) is 30.9 Å². The Morgan fingerprint density at radius 1 is 0.875 bits per heavy atom. The Morgan fingerprint density at radius 3 is 2.38 bits per heavy atom. The Hall–Kier alpha value is -3.80. The summed E-state index contributed by atoms with van der Waals surface area (Å²) < 4.78 is 10.8. The van der Waals surface area contributed by atoms with Gasteiger partial charge in [-0.25, -0.2) is 0 Å². The highest BCUT2D eigenvalue weighted by Crippen LogP contribution is 2.35. The summed E-state index contributed by atoms with van der Waals surface area (Å²) in [4.78, 5) is 28.1. The van der Waals surface area contributed by atoms with Gasteiger partial charge in [-0.05, 0) is 35.4 Å². The molecule has 0 bridgehead atoms. The van der Waals surface area contributed by atoms with Gasteiger partial charge in [0.2, 0.25) is 12.7 Å². The van der Waals surface area contributed by atoms with Gasteiger partial charge in [0.15, 0.2) is 11.5 Å². The molecule has 1 N–H and O–H groups in total. The highest BCUT2D eigenvalue weighted by atomic mass is 16.7. The van der Waals surface area contributed by atoms with E-state index in [0.717, 1.165) is 16.9 Å². The molecule has 2 aliphatic rings. The van der Waals surface area contributed by atoms with Crippen molar-refractivity contribution in [3.63, 3.8) is 0 Å². The first-order valence-corrected chi connectivity index (χ1v) is 10.7. The average molecular weight is 428 g/mol. The van der Waals surface area contributed by atoms with Crippen molar-refractivity contribution in [1.82, 2.24) is 10.2 Å². The van der Waals surface area contributed by atoms with Gasteiger partial charge < -0.3 is 19.7 Å². The molecule has 1 fully saturated rings. The molecular weight excluding hydrogens is 404 g/mol. The van der Waals surface area contributed by atoms with E-state index >= 15 is 0 Å². The van der Waals surface area contributed by atoms with Crippen LogP contribution in [-0.4, -0.2) is 36.6 Å². The van der Waals surface area contributed by atoms with Crippen LogP contribution in [0.4, 0.5) is 0 Å². The number of carbonyl (C=O) groups is 2. The Labute approximate surface area is 186 Å². The molecule has 2 heterocycles. The van der Waals surface area contributed by atoms with Crippen LogP contribution in [0.5, 0.6) is 11.5 Å². The third kappa shape index (κ3) is 4.04. The van der Waals surface area contributed by atoms with Gasteiger partial charge >= 0.3 is 0 Å². The monoisotopic (exact) mass is 428 g/mol. The lowest BCUT2D eigenvalue weighted by atomic mass is 9.88. The fourth-order valence-corrected chi connectivity index (χ4v) is 4.41. The topological polar surface area (TPSA) is 67.9 Å². The van der Waals surface area contributed by atoms with Gasteiger partial charge in [-0.1, -0.05) is 54.6 Å². The van der Waals surface area contributed by atoms with Crippen molar-refractivity contribution in [1.29, 1.82) is 0 Å². The maximum Gasteiger partial charge on any atom is 0.253 e. The second kappa shape index (κ2) is 8.75. The molecule has 3 aromatic rings. The van der Waals surface area contributed by atoms with Gasteiger partial charge in [0.25, 0.3) is 5.91 Å². The van der Waals surface area contributed by atoms with E-state index in [2.05, 4.69) is 5.32 Å². The van der Waals surface area contributed by atoms with E-state index in [1.54, 1.807) is 4.90 Å². The molecule has 0 aromatic heterocycles. The lowest BCUT2D eigenvalue weighted by Gasteiger charge is -2.18. The Kier molecular flexibility index (Phi) is 5.50. The molecule has 0 saturated carbocycles. The summed E-state index contributed by atoms with van der Waals surface area (Å²) in [5.74, 6) is 0.937. The number of rotatable bonds is 5. The zero-order chi connectivity index (χ0) is 21.9. The van der Waals surface area contributed by atoms with E-state index in [9.17, 15) is 9.59 Å². The van der Waals surface area contributed by atoms with Crippen molar-refractivity contribution < 1.29 is 19.1 Å². The SMILES string of the molecule is O=C(NCc1ccc2c(c1)OCO2)C1CN(C(=O)c2ccccc2)CC1c1ccccc1. The summed E-state index contributed by atoms with van der Waals surface area (Å²) in [5, 5.41) is 3.06. The van der Waals surface area contributed by atoms with Crippen molar-refractivity contribution in [3.8, 4) is 11.5 Å². The minimum Gasteiger partial charge on any atom is -0.454 e. The van der Waals surface area contributed by atoms with E-state index in [1.165, 1.54) is 0 Å². The van der Waals surface area contributed by atoms with Crippen LogP contribution in [0.3, 0.4) is 0 Å². The largest absolute Gasteiger partial charge is 0.454 e. The lowest BCUT2D eigenvalue weighted by molar-refractivity contribution is -0.125. The van der Waals surface area contributed by atoms with Crippen molar-refractivity contribution in [2.45, 2.75) is 12.5 Å². The van der Waals surface area contributed by atoms with E-state index < -0.39 is 0 Å². The molecule has 0 radical (unpaired) electrons. The first-order chi connectivity index (χ1) is 15.7. The highest BCUT2D eigenvalue weighted by molar-refractivity contribution is 5.95. The molecule has 32 heavy (non-hydrogen) atoms.